The van der Waals surface area contributed by atoms with Crippen molar-refractivity contribution in [1.29, 1.82) is 0 Å². The van der Waals surface area contributed by atoms with E-state index in [2.05, 4.69) is 4.98 Å². The number of pyridine rings is 1. The summed E-state index contributed by atoms with van der Waals surface area (Å²) in [5, 5.41) is 11.2. The first-order valence-electron chi connectivity index (χ1n) is 7.31. The Labute approximate surface area is 145 Å². The van der Waals surface area contributed by atoms with E-state index in [1.807, 2.05) is 0 Å². The fourth-order valence-electron chi connectivity index (χ4n) is 2.50. The van der Waals surface area contributed by atoms with Gasteiger partial charge in [-0.15, -0.1) is 11.8 Å². The molecule has 0 N–H and O–H groups in total. The second kappa shape index (κ2) is 6.52. The predicted octanol–water partition coefficient (Wildman–Crippen LogP) is 1.83. The van der Waals surface area contributed by atoms with Crippen LogP contribution in [0.1, 0.15) is 5.56 Å². The molecule has 128 valence electrons. The molecular formula is C16H14N4O4S. The van der Waals surface area contributed by atoms with Crippen molar-refractivity contribution < 1.29 is 4.92 Å². The third kappa shape index (κ3) is 3.05. The zero-order valence-corrected chi connectivity index (χ0v) is 14.3. The van der Waals surface area contributed by atoms with Crippen LogP contribution in [0.15, 0.2) is 51.0 Å². The SMILES string of the molecule is Cn1c(=O)c2c(SCc3cccc([N+](=O)[O-])c3)ccnc2n(C)c1=O. The summed E-state index contributed by atoms with van der Waals surface area (Å²) in [5.41, 5.74) is 0.262. The van der Waals surface area contributed by atoms with Crippen molar-refractivity contribution in [3.05, 3.63) is 73.0 Å². The van der Waals surface area contributed by atoms with Crippen molar-refractivity contribution in [2.24, 2.45) is 14.1 Å². The third-order valence-corrected chi connectivity index (χ3v) is 4.95. The lowest BCUT2D eigenvalue weighted by atomic mass is 10.2. The van der Waals surface area contributed by atoms with Gasteiger partial charge in [0.2, 0.25) is 0 Å². The molecule has 0 aliphatic carbocycles. The Morgan fingerprint density at radius 3 is 2.68 bits per heavy atom. The normalized spacial score (nSPS) is 11.0. The Bertz CT molecular complexity index is 1100. The summed E-state index contributed by atoms with van der Waals surface area (Å²) in [6, 6.07) is 8.06. The quantitative estimate of drug-likeness (QED) is 0.401. The first-order valence-corrected chi connectivity index (χ1v) is 8.29. The number of hydrogen-bond donors (Lipinski definition) is 0. The molecule has 0 bridgehead atoms. The van der Waals surface area contributed by atoms with Gasteiger partial charge in [0.1, 0.15) is 5.65 Å². The smallest absolute Gasteiger partial charge is 0.280 e. The fraction of sp³-hybridized carbons (Fsp3) is 0.188. The lowest BCUT2D eigenvalue weighted by Crippen LogP contribution is -2.37. The van der Waals surface area contributed by atoms with Gasteiger partial charge in [-0.3, -0.25) is 24.0 Å². The van der Waals surface area contributed by atoms with Gasteiger partial charge >= 0.3 is 5.69 Å². The molecule has 0 aliphatic heterocycles. The van der Waals surface area contributed by atoms with Gasteiger partial charge in [-0.05, 0) is 11.6 Å². The van der Waals surface area contributed by atoms with Crippen molar-refractivity contribution in [2.45, 2.75) is 10.6 Å². The summed E-state index contributed by atoms with van der Waals surface area (Å²) in [6.45, 7) is 0. The second-order valence-electron chi connectivity index (χ2n) is 5.43. The summed E-state index contributed by atoms with van der Waals surface area (Å²) in [7, 11) is 2.98. The molecule has 0 amide bonds. The lowest BCUT2D eigenvalue weighted by molar-refractivity contribution is -0.384. The number of aryl methyl sites for hydroxylation is 1. The van der Waals surface area contributed by atoms with E-state index >= 15 is 0 Å². The molecule has 8 nitrogen and oxygen atoms in total. The van der Waals surface area contributed by atoms with Gasteiger partial charge in [0.15, 0.2) is 0 Å². The maximum absolute atomic E-state index is 12.5. The highest BCUT2D eigenvalue weighted by molar-refractivity contribution is 7.98. The van der Waals surface area contributed by atoms with Crippen LogP contribution in [0.3, 0.4) is 0 Å². The lowest BCUT2D eigenvalue weighted by Gasteiger charge is -2.10. The Kier molecular flexibility index (Phi) is 4.41. The average Bonchev–Trinajstić information content (AvgIpc) is 2.62. The van der Waals surface area contributed by atoms with E-state index in [0.717, 1.165) is 10.1 Å². The minimum absolute atomic E-state index is 0.0241. The summed E-state index contributed by atoms with van der Waals surface area (Å²) >= 11 is 1.37. The number of nitro groups is 1. The molecule has 25 heavy (non-hydrogen) atoms. The number of non-ortho nitro benzene ring substituents is 1. The molecular weight excluding hydrogens is 344 g/mol. The maximum Gasteiger partial charge on any atom is 0.332 e. The van der Waals surface area contributed by atoms with Crippen LogP contribution >= 0.6 is 11.8 Å². The van der Waals surface area contributed by atoms with Gasteiger partial charge < -0.3 is 0 Å². The van der Waals surface area contributed by atoms with Gasteiger partial charge in [-0.25, -0.2) is 9.78 Å². The number of nitrogens with zero attached hydrogens (tertiary/aromatic N) is 4. The molecule has 2 aromatic heterocycles. The van der Waals surface area contributed by atoms with Crippen LogP contribution in [0.25, 0.3) is 11.0 Å². The number of hydrogen-bond acceptors (Lipinski definition) is 6. The molecule has 0 aliphatic rings. The van der Waals surface area contributed by atoms with Crippen LogP contribution in [-0.2, 0) is 19.8 Å². The summed E-state index contributed by atoms with van der Waals surface area (Å²) in [4.78, 5) is 39.7. The van der Waals surface area contributed by atoms with Gasteiger partial charge in [0.05, 0.1) is 10.3 Å². The van der Waals surface area contributed by atoms with E-state index in [1.54, 1.807) is 25.2 Å². The summed E-state index contributed by atoms with van der Waals surface area (Å²) < 4.78 is 2.37. The van der Waals surface area contributed by atoms with Crippen molar-refractivity contribution in [3.63, 3.8) is 0 Å². The highest BCUT2D eigenvalue weighted by Gasteiger charge is 2.14. The first kappa shape index (κ1) is 16.9. The van der Waals surface area contributed by atoms with E-state index in [1.165, 1.54) is 41.7 Å². The minimum Gasteiger partial charge on any atom is -0.280 e. The van der Waals surface area contributed by atoms with Crippen LogP contribution in [0.5, 0.6) is 0 Å². The summed E-state index contributed by atoms with van der Waals surface area (Å²) in [6.07, 6.45) is 1.54. The van der Waals surface area contributed by atoms with Crippen molar-refractivity contribution in [3.8, 4) is 0 Å². The van der Waals surface area contributed by atoms with Gasteiger partial charge in [0, 0.05) is 43.1 Å². The average molecular weight is 358 g/mol. The topological polar surface area (TPSA) is 100 Å². The highest BCUT2D eigenvalue weighted by Crippen LogP contribution is 2.28. The number of aromatic nitrogens is 3. The van der Waals surface area contributed by atoms with E-state index in [9.17, 15) is 19.7 Å². The third-order valence-electron chi connectivity index (χ3n) is 3.82. The van der Waals surface area contributed by atoms with Crippen LogP contribution < -0.4 is 11.2 Å². The molecule has 0 atom stereocenters. The van der Waals surface area contributed by atoms with Crippen LogP contribution in [0, 0.1) is 10.1 Å². The molecule has 0 fully saturated rings. The zero-order valence-electron chi connectivity index (χ0n) is 13.5. The Morgan fingerprint density at radius 2 is 1.96 bits per heavy atom. The maximum atomic E-state index is 12.5. The molecule has 3 rings (SSSR count). The number of fused-ring (bicyclic) bond motifs is 1. The zero-order chi connectivity index (χ0) is 18.1. The Balaban J connectivity index is 2.03. The molecule has 0 saturated heterocycles. The van der Waals surface area contributed by atoms with E-state index < -0.39 is 16.2 Å². The molecule has 0 radical (unpaired) electrons. The number of rotatable bonds is 4. The number of benzene rings is 1. The fourth-order valence-corrected chi connectivity index (χ4v) is 3.48. The summed E-state index contributed by atoms with van der Waals surface area (Å²) in [5.74, 6) is 0.451. The van der Waals surface area contributed by atoms with Gasteiger partial charge in [-0.2, -0.15) is 0 Å². The number of nitro benzene ring substituents is 1. The molecule has 3 aromatic rings. The minimum atomic E-state index is -0.443. The van der Waals surface area contributed by atoms with Gasteiger partial charge in [-0.1, -0.05) is 12.1 Å². The molecule has 0 unspecified atom stereocenters. The first-order chi connectivity index (χ1) is 11.9. The standard InChI is InChI=1S/C16H14N4O4S/c1-18-14-13(15(21)19(2)16(18)22)12(6-7-17-14)25-9-10-4-3-5-11(8-10)20(23)24/h3-8H,9H2,1-2H3. The monoisotopic (exact) mass is 358 g/mol. The van der Waals surface area contributed by atoms with E-state index in [0.29, 0.717) is 21.7 Å². The molecule has 0 spiro atoms. The molecule has 0 saturated carbocycles. The van der Waals surface area contributed by atoms with E-state index in [-0.39, 0.29) is 5.69 Å². The molecule has 9 heteroatoms. The Hall–Kier alpha value is -2.94. The van der Waals surface area contributed by atoms with Crippen molar-refractivity contribution >= 4 is 28.5 Å². The second-order valence-corrected chi connectivity index (χ2v) is 6.45. The van der Waals surface area contributed by atoms with Crippen LogP contribution in [0.2, 0.25) is 0 Å². The highest BCUT2D eigenvalue weighted by atomic mass is 32.2. The van der Waals surface area contributed by atoms with Crippen molar-refractivity contribution in [1.82, 2.24) is 14.1 Å². The van der Waals surface area contributed by atoms with Crippen LogP contribution in [-0.4, -0.2) is 19.0 Å². The Morgan fingerprint density at radius 1 is 1.20 bits per heavy atom. The molecule has 1 aromatic carbocycles. The van der Waals surface area contributed by atoms with Gasteiger partial charge in [0.25, 0.3) is 11.2 Å². The van der Waals surface area contributed by atoms with Crippen LogP contribution in [0.4, 0.5) is 5.69 Å². The number of thioether (sulfide) groups is 1. The predicted molar refractivity (Wildman–Crippen MR) is 94.9 cm³/mol. The van der Waals surface area contributed by atoms with E-state index in [4.69, 9.17) is 0 Å². The molecule has 2 heterocycles. The van der Waals surface area contributed by atoms with Crippen molar-refractivity contribution in [2.75, 3.05) is 0 Å². The largest absolute Gasteiger partial charge is 0.332 e.